The van der Waals surface area contributed by atoms with Gasteiger partial charge in [-0.15, -0.1) is 11.6 Å². The van der Waals surface area contributed by atoms with Gasteiger partial charge in [-0.1, -0.05) is 19.9 Å². The molecule has 1 aromatic rings. The van der Waals surface area contributed by atoms with E-state index in [4.69, 9.17) is 11.6 Å². The standard InChI is InChI=1S/C14H20ClN/c1-11-8-13(5-4-12(11)9-15)16-7-6-14(2,3)10-16/h4-5,8H,6-7,9-10H2,1-3H3. The van der Waals surface area contributed by atoms with E-state index in [2.05, 4.69) is 43.9 Å². The van der Waals surface area contributed by atoms with Gasteiger partial charge in [-0.2, -0.15) is 0 Å². The first-order valence-electron chi connectivity index (χ1n) is 5.92. The number of hydrogen-bond donors (Lipinski definition) is 0. The molecule has 2 rings (SSSR count). The van der Waals surface area contributed by atoms with Crippen LogP contribution < -0.4 is 4.90 Å². The highest BCUT2D eigenvalue weighted by atomic mass is 35.5. The lowest BCUT2D eigenvalue weighted by molar-refractivity contribution is 0.418. The molecule has 88 valence electrons. The van der Waals surface area contributed by atoms with Gasteiger partial charge >= 0.3 is 0 Å². The minimum atomic E-state index is 0.457. The molecule has 0 spiro atoms. The molecule has 1 aromatic carbocycles. The van der Waals surface area contributed by atoms with Crippen molar-refractivity contribution in [1.82, 2.24) is 0 Å². The summed E-state index contributed by atoms with van der Waals surface area (Å²) >= 11 is 5.88. The van der Waals surface area contributed by atoms with Crippen LogP contribution in [0, 0.1) is 12.3 Å². The van der Waals surface area contributed by atoms with Gasteiger partial charge in [0.1, 0.15) is 0 Å². The summed E-state index contributed by atoms with van der Waals surface area (Å²) in [5.74, 6) is 0.609. The summed E-state index contributed by atoms with van der Waals surface area (Å²) in [6, 6.07) is 6.62. The molecule has 0 unspecified atom stereocenters. The van der Waals surface area contributed by atoms with Crippen molar-refractivity contribution >= 4 is 17.3 Å². The summed E-state index contributed by atoms with van der Waals surface area (Å²) in [5, 5.41) is 0. The Morgan fingerprint density at radius 3 is 2.62 bits per heavy atom. The van der Waals surface area contributed by atoms with Crippen LogP contribution in [0.3, 0.4) is 0 Å². The number of halogens is 1. The molecular formula is C14H20ClN. The normalized spacial score (nSPS) is 19.1. The van der Waals surface area contributed by atoms with Crippen molar-refractivity contribution in [2.45, 2.75) is 33.1 Å². The third-order valence-electron chi connectivity index (χ3n) is 3.51. The Labute approximate surface area is 103 Å². The highest BCUT2D eigenvalue weighted by molar-refractivity contribution is 6.17. The first-order valence-corrected chi connectivity index (χ1v) is 6.46. The van der Waals surface area contributed by atoms with Gasteiger partial charge in [-0.25, -0.2) is 0 Å². The van der Waals surface area contributed by atoms with Crippen molar-refractivity contribution in [3.63, 3.8) is 0 Å². The molecule has 1 fully saturated rings. The van der Waals surface area contributed by atoms with Gasteiger partial charge in [0, 0.05) is 24.7 Å². The third-order valence-corrected chi connectivity index (χ3v) is 3.80. The monoisotopic (exact) mass is 237 g/mol. The maximum Gasteiger partial charge on any atom is 0.0476 e. The van der Waals surface area contributed by atoms with Crippen LogP contribution in [-0.2, 0) is 5.88 Å². The molecule has 0 aliphatic carbocycles. The van der Waals surface area contributed by atoms with Crippen LogP contribution in [0.4, 0.5) is 5.69 Å². The number of alkyl halides is 1. The fourth-order valence-corrected chi connectivity index (χ4v) is 2.66. The van der Waals surface area contributed by atoms with E-state index in [9.17, 15) is 0 Å². The number of aryl methyl sites for hydroxylation is 1. The van der Waals surface area contributed by atoms with Crippen LogP contribution >= 0.6 is 11.6 Å². The molecule has 1 aliphatic heterocycles. The van der Waals surface area contributed by atoms with Gasteiger partial charge in [-0.3, -0.25) is 0 Å². The predicted octanol–water partition coefficient (Wildman–Crippen LogP) is 3.97. The van der Waals surface area contributed by atoms with Crippen LogP contribution in [0.15, 0.2) is 18.2 Å². The molecule has 0 bridgehead atoms. The summed E-state index contributed by atoms with van der Waals surface area (Å²) in [7, 11) is 0. The average Bonchev–Trinajstić information content (AvgIpc) is 2.59. The van der Waals surface area contributed by atoms with Crippen LogP contribution in [0.5, 0.6) is 0 Å². The van der Waals surface area contributed by atoms with Gasteiger partial charge in [0.25, 0.3) is 0 Å². The molecule has 0 saturated carbocycles. The molecule has 0 radical (unpaired) electrons. The van der Waals surface area contributed by atoms with Gasteiger partial charge in [0.2, 0.25) is 0 Å². The maximum absolute atomic E-state index is 5.88. The molecule has 2 heteroatoms. The Kier molecular flexibility index (Phi) is 3.16. The second-order valence-electron chi connectivity index (χ2n) is 5.58. The molecule has 16 heavy (non-hydrogen) atoms. The second kappa shape index (κ2) is 4.29. The molecule has 1 saturated heterocycles. The molecule has 0 amide bonds. The maximum atomic E-state index is 5.88. The average molecular weight is 238 g/mol. The van der Waals surface area contributed by atoms with Gasteiger partial charge < -0.3 is 4.90 Å². The zero-order valence-corrected chi connectivity index (χ0v) is 11.1. The van der Waals surface area contributed by atoms with E-state index in [-0.39, 0.29) is 0 Å². The Balaban J connectivity index is 2.20. The molecule has 0 aromatic heterocycles. The zero-order chi connectivity index (χ0) is 11.8. The lowest BCUT2D eigenvalue weighted by atomic mass is 9.93. The molecule has 1 nitrogen and oxygen atoms in total. The molecular weight excluding hydrogens is 218 g/mol. The first-order chi connectivity index (χ1) is 7.52. The topological polar surface area (TPSA) is 3.24 Å². The van der Waals surface area contributed by atoms with Crippen LogP contribution in [0.1, 0.15) is 31.4 Å². The van der Waals surface area contributed by atoms with Gasteiger partial charge in [-0.05, 0) is 42.0 Å². The van der Waals surface area contributed by atoms with Crippen LogP contribution in [-0.4, -0.2) is 13.1 Å². The minimum absolute atomic E-state index is 0.457. The number of anilines is 1. The molecule has 1 aliphatic rings. The minimum Gasteiger partial charge on any atom is -0.371 e. The summed E-state index contributed by atoms with van der Waals surface area (Å²) in [6.07, 6.45) is 1.28. The highest BCUT2D eigenvalue weighted by Gasteiger charge is 2.29. The number of nitrogens with zero attached hydrogens (tertiary/aromatic N) is 1. The quantitative estimate of drug-likeness (QED) is 0.704. The van der Waals surface area contributed by atoms with Crippen molar-refractivity contribution in [3.8, 4) is 0 Å². The van der Waals surface area contributed by atoms with Crippen molar-refractivity contribution in [3.05, 3.63) is 29.3 Å². The summed E-state index contributed by atoms with van der Waals surface area (Å²) in [5.41, 5.74) is 4.34. The Bertz CT molecular complexity index is 384. The molecule has 0 N–H and O–H groups in total. The van der Waals surface area contributed by atoms with Gasteiger partial charge in [0.15, 0.2) is 0 Å². The molecule has 0 atom stereocenters. The number of benzene rings is 1. The lowest BCUT2D eigenvalue weighted by Gasteiger charge is -2.22. The van der Waals surface area contributed by atoms with E-state index in [1.165, 1.54) is 29.8 Å². The number of hydrogen-bond acceptors (Lipinski definition) is 1. The van der Waals surface area contributed by atoms with E-state index >= 15 is 0 Å². The summed E-state index contributed by atoms with van der Waals surface area (Å²) < 4.78 is 0. The summed E-state index contributed by atoms with van der Waals surface area (Å²) in [6.45, 7) is 9.15. The van der Waals surface area contributed by atoms with E-state index < -0.39 is 0 Å². The van der Waals surface area contributed by atoms with Gasteiger partial charge in [0.05, 0.1) is 0 Å². The lowest BCUT2D eigenvalue weighted by Crippen LogP contribution is -2.22. The smallest absolute Gasteiger partial charge is 0.0476 e. The van der Waals surface area contributed by atoms with Crippen molar-refractivity contribution in [1.29, 1.82) is 0 Å². The highest BCUT2D eigenvalue weighted by Crippen LogP contribution is 2.33. The Morgan fingerprint density at radius 2 is 2.12 bits per heavy atom. The zero-order valence-electron chi connectivity index (χ0n) is 10.4. The SMILES string of the molecule is Cc1cc(N2CCC(C)(C)C2)ccc1CCl. The van der Waals surface area contributed by atoms with Crippen molar-refractivity contribution < 1.29 is 0 Å². The fraction of sp³-hybridized carbons (Fsp3) is 0.571. The largest absolute Gasteiger partial charge is 0.371 e. The van der Waals surface area contributed by atoms with E-state index in [0.29, 0.717) is 11.3 Å². The Hall–Kier alpha value is -0.690. The first kappa shape index (κ1) is 11.8. The van der Waals surface area contributed by atoms with E-state index in [1.807, 2.05) is 0 Å². The Morgan fingerprint density at radius 1 is 1.38 bits per heavy atom. The second-order valence-corrected chi connectivity index (χ2v) is 5.85. The summed E-state index contributed by atoms with van der Waals surface area (Å²) in [4.78, 5) is 2.48. The third kappa shape index (κ3) is 2.35. The fourth-order valence-electron chi connectivity index (χ4n) is 2.36. The predicted molar refractivity (Wildman–Crippen MR) is 71.3 cm³/mol. The van der Waals surface area contributed by atoms with Crippen LogP contribution in [0.25, 0.3) is 0 Å². The van der Waals surface area contributed by atoms with Crippen LogP contribution in [0.2, 0.25) is 0 Å². The number of rotatable bonds is 2. The van der Waals surface area contributed by atoms with Crippen molar-refractivity contribution in [2.75, 3.05) is 18.0 Å². The van der Waals surface area contributed by atoms with Crippen molar-refractivity contribution in [2.24, 2.45) is 5.41 Å². The van der Waals surface area contributed by atoms with E-state index in [0.717, 1.165) is 6.54 Å². The van der Waals surface area contributed by atoms with E-state index in [1.54, 1.807) is 0 Å². The molecule has 1 heterocycles.